The van der Waals surface area contributed by atoms with Gasteiger partial charge in [-0.25, -0.2) is 29.2 Å². The van der Waals surface area contributed by atoms with Gasteiger partial charge in [0.25, 0.3) is 6.43 Å². The Morgan fingerprint density at radius 3 is 2.12 bits per heavy atom. The third-order valence-electron chi connectivity index (χ3n) is 1.77. The number of hydrogen-bond acceptors (Lipinski definition) is 0. The third-order valence-corrected chi connectivity index (χ3v) is 1.77. The Labute approximate surface area is 123 Å². The molecule has 0 aliphatic heterocycles. The number of alkyl halides is 4. The smallest absolute Gasteiger partial charge is 0.269 e. The molecule has 0 aromatic heterocycles. The van der Waals surface area contributed by atoms with Gasteiger partial charge in [-0.2, -0.15) is 6.08 Å². The van der Waals surface area contributed by atoms with Gasteiger partial charge >= 0.3 is 0 Å². The molecular weight excluding hydrogens is 433 g/mol. The Morgan fingerprint density at radius 2 is 1.75 bits per heavy atom. The van der Waals surface area contributed by atoms with Gasteiger partial charge in [0.15, 0.2) is 6.17 Å². The molecule has 1 aliphatic carbocycles. The predicted octanol–water partition coefficient (Wildman–Crippen LogP) is 3.85. The van der Waals surface area contributed by atoms with Crippen LogP contribution in [0.4, 0.5) is 17.6 Å². The summed E-state index contributed by atoms with van der Waals surface area (Å²) in [5.41, 5.74) is 0.468. The van der Waals surface area contributed by atoms with E-state index in [2.05, 4.69) is 6.08 Å². The van der Waals surface area contributed by atoms with Gasteiger partial charge in [0, 0.05) is 25.8 Å². The fourth-order valence-corrected chi connectivity index (χ4v) is 1.07. The molecule has 0 heterocycles. The molecule has 0 bridgehead atoms. The summed E-state index contributed by atoms with van der Waals surface area (Å²) < 4.78 is 48.5. The quantitative estimate of drug-likeness (QED) is 0.351. The van der Waals surface area contributed by atoms with Crippen LogP contribution in [0.2, 0.25) is 0 Å². The number of rotatable bonds is 4. The number of hydrogen-bond donors (Lipinski definition) is 0. The summed E-state index contributed by atoms with van der Waals surface area (Å²) in [6.07, 6.45) is -1.81. The zero-order valence-electron chi connectivity index (χ0n) is 8.13. The summed E-state index contributed by atoms with van der Waals surface area (Å²) >= 11 is 0. The average Bonchev–Trinajstić information content (AvgIpc) is 2.55. The van der Waals surface area contributed by atoms with E-state index in [1.54, 1.807) is 12.2 Å². The topological polar surface area (TPSA) is 0 Å². The first-order chi connectivity index (χ1) is 6.11. The molecule has 0 amide bonds. The normalized spacial score (nSPS) is 16.7. The van der Waals surface area contributed by atoms with Crippen molar-refractivity contribution in [2.75, 3.05) is 0 Å². The van der Waals surface area contributed by atoms with Crippen molar-refractivity contribution in [1.82, 2.24) is 0 Å². The Morgan fingerprint density at radius 1 is 1.19 bits per heavy atom. The van der Waals surface area contributed by atoms with Crippen LogP contribution in [0, 0.1) is 6.08 Å². The summed E-state index contributed by atoms with van der Waals surface area (Å²) in [6.45, 7) is 0. The molecule has 0 saturated carbocycles. The first-order valence-electron chi connectivity index (χ1n) is 3.94. The van der Waals surface area contributed by atoms with Crippen LogP contribution in [-0.2, 0) is 25.8 Å². The molecule has 0 nitrogen and oxygen atoms in total. The Hall–Kier alpha value is 0.650. The van der Waals surface area contributed by atoms with Crippen molar-refractivity contribution in [2.24, 2.45) is 0 Å². The van der Waals surface area contributed by atoms with Gasteiger partial charge in [-0.1, -0.05) is 0 Å². The van der Waals surface area contributed by atoms with E-state index in [0.717, 1.165) is 0 Å². The Bertz CT molecular complexity index is 234. The second-order valence-electron chi connectivity index (χ2n) is 2.81. The minimum absolute atomic E-state index is 0. The van der Waals surface area contributed by atoms with E-state index in [9.17, 15) is 17.6 Å². The first-order valence-corrected chi connectivity index (χ1v) is 3.94. The third kappa shape index (κ3) is 7.07. The van der Waals surface area contributed by atoms with Crippen molar-refractivity contribution in [3.63, 3.8) is 0 Å². The van der Waals surface area contributed by atoms with E-state index in [1.807, 2.05) is 0 Å². The van der Waals surface area contributed by atoms with Crippen LogP contribution < -0.4 is 0 Å². The van der Waals surface area contributed by atoms with Crippen molar-refractivity contribution >= 4 is 24.8 Å². The molecule has 0 radical (unpaired) electrons. The van der Waals surface area contributed by atoms with Crippen LogP contribution in [0.1, 0.15) is 12.8 Å². The van der Waals surface area contributed by atoms with E-state index in [-0.39, 0.29) is 57.1 Å². The predicted molar refractivity (Wildman–Crippen MR) is 55.4 cm³/mol. The summed E-state index contributed by atoms with van der Waals surface area (Å²) in [5.74, 6) is 0. The molecular formula is C9H11Cl2F4Hf-. The number of halogens is 6. The molecule has 0 aromatic carbocycles. The first kappa shape index (κ1) is 21.9. The summed E-state index contributed by atoms with van der Waals surface area (Å²) in [4.78, 5) is 0. The Kier molecular flexibility index (Phi) is 14.7. The van der Waals surface area contributed by atoms with Crippen LogP contribution >= 0.6 is 24.8 Å². The van der Waals surface area contributed by atoms with E-state index >= 15 is 0 Å². The maximum atomic E-state index is 12.7. The molecule has 0 fully saturated rings. The molecule has 1 aliphatic rings. The van der Waals surface area contributed by atoms with Crippen LogP contribution in [-0.4, -0.2) is 18.8 Å². The van der Waals surface area contributed by atoms with E-state index in [4.69, 9.17) is 0 Å². The second kappa shape index (κ2) is 10.8. The minimum Gasteiger partial charge on any atom is -0.269 e. The van der Waals surface area contributed by atoms with Crippen molar-refractivity contribution in [1.29, 1.82) is 0 Å². The molecule has 2 unspecified atom stereocenters. The fraction of sp³-hybridized carbons (Fsp3) is 0.556. The molecule has 0 saturated heterocycles. The molecule has 94 valence electrons. The van der Waals surface area contributed by atoms with Gasteiger partial charge in [-0.05, 0) is 6.42 Å². The number of allylic oxidation sites excluding steroid dienone is 4. The van der Waals surface area contributed by atoms with E-state index < -0.39 is 18.8 Å². The maximum absolute atomic E-state index is 12.7. The molecule has 0 spiro atoms. The van der Waals surface area contributed by atoms with Crippen molar-refractivity contribution in [2.45, 2.75) is 31.6 Å². The molecule has 2 atom stereocenters. The van der Waals surface area contributed by atoms with Gasteiger partial charge in [0.05, 0.1) is 0 Å². The van der Waals surface area contributed by atoms with Crippen molar-refractivity contribution in [3.05, 3.63) is 23.8 Å². The average molecular weight is 445 g/mol. The second-order valence-corrected chi connectivity index (χ2v) is 2.81. The van der Waals surface area contributed by atoms with Gasteiger partial charge in [0.1, 0.15) is 6.17 Å². The zero-order chi connectivity index (χ0) is 9.84. The molecule has 1 rings (SSSR count). The molecule has 0 aromatic rings. The monoisotopic (exact) mass is 445 g/mol. The van der Waals surface area contributed by atoms with Gasteiger partial charge < -0.3 is 0 Å². The zero-order valence-corrected chi connectivity index (χ0v) is 13.4. The SMILES string of the molecule is Cl.Cl.FC(F)C(F)C(F)CC1=[C-]CC=C1.[Hf]. The van der Waals surface area contributed by atoms with Crippen LogP contribution in [0.3, 0.4) is 0 Å². The van der Waals surface area contributed by atoms with Gasteiger partial charge in [-0.3, -0.25) is 6.08 Å². The summed E-state index contributed by atoms with van der Waals surface area (Å²) in [6, 6.07) is 0. The van der Waals surface area contributed by atoms with E-state index in [0.29, 0.717) is 12.0 Å². The fourth-order valence-electron chi connectivity index (χ4n) is 1.07. The minimum atomic E-state index is -3.25. The summed E-state index contributed by atoms with van der Waals surface area (Å²) in [5, 5.41) is 0. The van der Waals surface area contributed by atoms with Crippen LogP contribution in [0.5, 0.6) is 0 Å². The molecule has 16 heavy (non-hydrogen) atoms. The molecule has 0 N–H and O–H groups in total. The standard InChI is InChI=1S/C9H9F4.2ClH.Hf/c10-7(8(11)9(12)13)5-6-3-1-2-4-6;;;/h1,3,7-9H,2,5H2;2*1H;/q-1;;;. The largest absolute Gasteiger partial charge is 0.272 e. The van der Waals surface area contributed by atoms with Gasteiger partial charge in [0.2, 0.25) is 0 Å². The maximum Gasteiger partial charge on any atom is 0.272 e. The van der Waals surface area contributed by atoms with Crippen molar-refractivity contribution < 1.29 is 43.4 Å². The van der Waals surface area contributed by atoms with Crippen LogP contribution in [0.25, 0.3) is 0 Å². The summed E-state index contributed by atoms with van der Waals surface area (Å²) in [7, 11) is 0. The van der Waals surface area contributed by atoms with E-state index in [1.165, 1.54) is 0 Å². The Balaban J connectivity index is -0.000000563. The molecule has 7 heteroatoms. The van der Waals surface area contributed by atoms with Crippen LogP contribution in [0.15, 0.2) is 17.7 Å². The van der Waals surface area contributed by atoms with Gasteiger partial charge in [-0.15, -0.1) is 31.2 Å². The van der Waals surface area contributed by atoms with Crippen molar-refractivity contribution in [3.8, 4) is 0 Å².